The lowest BCUT2D eigenvalue weighted by atomic mass is 9.98. The molecule has 1 aliphatic carbocycles. The Morgan fingerprint density at radius 3 is 2.43 bits per heavy atom. The van der Waals surface area contributed by atoms with E-state index in [0.29, 0.717) is 4.96 Å². The summed E-state index contributed by atoms with van der Waals surface area (Å²) in [4.78, 5) is 5.24. The lowest BCUT2D eigenvalue weighted by molar-refractivity contribution is 0.575. The molecule has 5 nitrogen and oxygen atoms in total. The molecule has 1 fully saturated rings. The predicted octanol–water partition coefficient (Wildman–Crippen LogP) is 4.07. The Balaban J connectivity index is 1.38. The van der Waals surface area contributed by atoms with Crippen LogP contribution in [0.1, 0.15) is 18.9 Å². The highest BCUT2D eigenvalue weighted by Gasteiger charge is 2.53. The van der Waals surface area contributed by atoms with Crippen LogP contribution >= 0.6 is 11.3 Å². The van der Waals surface area contributed by atoms with Crippen LogP contribution in [0, 0.1) is 0 Å². The van der Waals surface area contributed by atoms with Crippen molar-refractivity contribution in [3.8, 4) is 11.3 Å². The van der Waals surface area contributed by atoms with Crippen LogP contribution in [0.25, 0.3) is 16.2 Å². The van der Waals surface area contributed by atoms with Gasteiger partial charge >= 0.3 is 0 Å². The Kier molecular flexibility index (Phi) is 3.94. The van der Waals surface area contributed by atoms with E-state index < -0.39 is 10.0 Å². The Hall–Kier alpha value is -2.48. The fourth-order valence-corrected chi connectivity index (χ4v) is 6.16. The topological polar surface area (TPSA) is 63.5 Å². The second-order valence-corrected chi connectivity index (χ2v) is 10.3. The molecule has 1 N–H and O–H groups in total. The fraction of sp³-hybridized carbons (Fsp3) is 0.190. The third-order valence-corrected chi connectivity index (χ3v) is 8.37. The van der Waals surface area contributed by atoms with Gasteiger partial charge in [0.25, 0.3) is 10.0 Å². The van der Waals surface area contributed by atoms with Crippen molar-refractivity contribution in [3.05, 3.63) is 78.6 Å². The van der Waals surface area contributed by atoms with Crippen LogP contribution in [0.4, 0.5) is 0 Å². The zero-order valence-corrected chi connectivity index (χ0v) is 16.9. The molecular weight excluding hydrogens is 390 g/mol. The number of sulfonamides is 1. The maximum atomic E-state index is 12.9. The van der Waals surface area contributed by atoms with E-state index in [4.69, 9.17) is 0 Å². The summed E-state index contributed by atoms with van der Waals surface area (Å²) >= 11 is 1.19. The van der Waals surface area contributed by atoms with Gasteiger partial charge in [-0.25, -0.2) is 18.1 Å². The lowest BCUT2D eigenvalue weighted by Gasteiger charge is -2.12. The molecule has 0 aliphatic heterocycles. The lowest BCUT2D eigenvalue weighted by Crippen LogP contribution is -2.29. The maximum Gasteiger partial charge on any atom is 0.251 e. The Morgan fingerprint density at radius 1 is 1.07 bits per heavy atom. The number of nitrogens with one attached hydrogen (secondary N) is 1. The number of imidazole rings is 1. The minimum absolute atomic E-state index is 0.0887. The number of benzene rings is 2. The smallest absolute Gasteiger partial charge is 0.251 e. The van der Waals surface area contributed by atoms with Crippen LogP contribution in [-0.2, 0) is 15.4 Å². The van der Waals surface area contributed by atoms with Gasteiger partial charge in [-0.3, -0.25) is 4.40 Å². The zero-order valence-electron chi connectivity index (χ0n) is 15.2. The molecule has 1 aliphatic rings. The van der Waals surface area contributed by atoms with E-state index in [9.17, 15) is 8.42 Å². The van der Waals surface area contributed by atoms with Gasteiger partial charge < -0.3 is 0 Å². The summed E-state index contributed by atoms with van der Waals surface area (Å²) in [7, 11) is -3.58. The monoisotopic (exact) mass is 409 g/mol. The van der Waals surface area contributed by atoms with Crippen molar-refractivity contribution in [1.82, 2.24) is 14.1 Å². The first-order valence-corrected chi connectivity index (χ1v) is 11.4. The molecule has 2 aromatic carbocycles. The minimum atomic E-state index is -3.58. The average molecular weight is 410 g/mol. The zero-order chi connectivity index (χ0) is 19.4. The second-order valence-electron chi connectivity index (χ2n) is 7.39. The SMILES string of the molecule is C[C@]1(c2ccccc2)C[C@@H]1NS(=O)(=O)c1cn2cc(-c3ccccc3)nc2s1. The highest BCUT2D eigenvalue weighted by atomic mass is 32.2. The molecule has 2 heterocycles. The number of nitrogens with zero attached hydrogens (tertiary/aromatic N) is 2. The number of rotatable bonds is 5. The van der Waals surface area contributed by atoms with Gasteiger partial charge in [-0.1, -0.05) is 78.9 Å². The molecule has 0 radical (unpaired) electrons. The summed E-state index contributed by atoms with van der Waals surface area (Å²) in [6, 6.07) is 19.8. The van der Waals surface area contributed by atoms with Gasteiger partial charge in [0, 0.05) is 29.4 Å². The van der Waals surface area contributed by atoms with Gasteiger partial charge in [0.05, 0.1) is 5.69 Å². The summed E-state index contributed by atoms with van der Waals surface area (Å²) in [5.41, 5.74) is 2.86. The normalized spacial score (nSPS) is 21.8. The minimum Gasteiger partial charge on any atom is -0.296 e. The Labute approximate surface area is 167 Å². The molecule has 0 bridgehead atoms. The van der Waals surface area contributed by atoms with Gasteiger partial charge in [0.2, 0.25) is 0 Å². The summed E-state index contributed by atoms with van der Waals surface area (Å²) in [5.74, 6) is 0. The third kappa shape index (κ3) is 2.96. The molecule has 0 spiro atoms. The molecule has 7 heteroatoms. The van der Waals surface area contributed by atoms with Crippen molar-refractivity contribution in [2.45, 2.75) is 29.0 Å². The number of thiazole rings is 1. The van der Waals surface area contributed by atoms with Crippen molar-refractivity contribution in [3.63, 3.8) is 0 Å². The van der Waals surface area contributed by atoms with Crippen molar-refractivity contribution < 1.29 is 8.42 Å². The van der Waals surface area contributed by atoms with Crippen LogP contribution in [0.2, 0.25) is 0 Å². The predicted molar refractivity (Wildman–Crippen MR) is 111 cm³/mol. The molecule has 0 amide bonds. The molecule has 2 atom stereocenters. The van der Waals surface area contributed by atoms with Crippen LogP contribution in [0.5, 0.6) is 0 Å². The van der Waals surface area contributed by atoms with Gasteiger partial charge in [0.15, 0.2) is 9.17 Å². The molecule has 0 unspecified atom stereocenters. The molecule has 5 rings (SSSR count). The first-order chi connectivity index (χ1) is 13.5. The van der Waals surface area contributed by atoms with Crippen molar-refractivity contribution >= 4 is 26.3 Å². The summed E-state index contributed by atoms with van der Waals surface area (Å²) in [6.45, 7) is 2.10. The number of hydrogen-bond acceptors (Lipinski definition) is 4. The van der Waals surface area contributed by atoms with E-state index in [1.165, 1.54) is 11.3 Å². The van der Waals surface area contributed by atoms with E-state index in [0.717, 1.165) is 23.2 Å². The van der Waals surface area contributed by atoms with E-state index in [1.54, 1.807) is 10.6 Å². The summed E-state index contributed by atoms with van der Waals surface area (Å²) < 4.78 is 30.7. The highest BCUT2D eigenvalue weighted by molar-refractivity contribution is 7.91. The fourth-order valence-electron chi connectivity index (χ4n) is 3.57. The first kappa shape index (κ1) is 17.6. The largest absolute Gasteiger partial charge is 0.296 e. The number of fused-ring (bicyclic) bond motifs is 1. The van der Waals surface area contributed by atoms with E-state index in [2.05, 4.69) is 28.8 Å². The van der Waals surface area contributed by atoms with Gasteiger partial charge in [0.1, 0.15) is 0 Å². The highest BCUT2D eigenvalue weighted by Crippen LogP contribution is 2.48. The molecule has 4 aromatic rings. The molecule has 0 saturated heterocycles. The van der Waals surface area contributed by atoms with Crippen molar-refractivity contribution in [1.29, 1.82) is 0 Å². The molecule has 142 valence electrons. The van der Waals surface area contributed by atoms with Crippen LogP contribution in [0.3, 0.4) is 0 Å². The molecule has 28 heavy (non-hydrogen) atoms. The van der Waals surface area contributed by atoms with Crippen molar-refractivity contribution in [2.24, 2.45) is 0 Å². The van der Waals surface area contributed by atoms with Gasteiger partial charge in [-0.15, -0.1) is 0 Å². The quantitative estimate of drug-likeness (QED) is 0.540. The Bertz CT molecular complexity index is 1220. The molecule has 1 saturated carbocycles. The Morgan fingerprint density at radius 2 is 1.75 bits per heavy atom. The van der Waals surface area contributed by atoms with Crippen LogP contribution in [-0.4, -0.2) is 23.8 Å². The molecule has 2 aromatic heterocycles. The van der Waals surface area contributed by atoms with Crippen LogP contribution in [0.15, 0.2) is 77.3 Å². The van der Waals surface area contributed by atoms with Gasteiger partial charge in [-0.05, 0) is 12.0 Å². The maximum absolute atomic E-state index is 12.9. The van der Waals surface area contributed by atoms with Gasteiger partial charge in [-0.2, -0.15) is 0 Å². The number of hydrogen-bond donors (Lipinski definition) is 1. The van der Waals surface area contributed by atoms with E-state index in [1.807, 2.05) is 54.7 Å². The third-order valence-electron chi connectivity index (χ3n) is 5.44. The molecular formula is C21H19N3O2S2. The standard InChI is InChI=1S/C21H19N3O2S2/c1-21(16-10-6-3-7-11-16)12-18(21)23-28(25,26)19-14-24-13-17(22-20(24)27-19)15-8-4-2-5-9-15/h2-11,13-14,18,23H,12H2,1H3/t18-,21+/m0/s1. The van der Waals surface area contributed by atoms with Crippen LogP contribution < -0.4 is 4.72 Å². The average Bonchev–Trinajstić information content (AvgIpc) is 3.04. The summed E-state index contributed by atoms with van der Waals surface area (Å²) in [6.07, 6.45) is 4.31. The summed E-state index contributed by atoms with van der Waals surface area (Å²) in [5, 5.41) is 0. The second kappa shape index (κ2) is 6.27. The first-order valence-electron chi connectivity index (χ1n) is 9.07. The van der Waals surface area contributed by atoms with E-state index in [-0.39, 0.29) is 15.7 Å². The number of aromatic nitrogens is 2. The van der Waals surface area contributed by atoms with Crippen molar-refractivity contribution in [2.75, 3.05) is 0 Å². The van der Waals surface area contributed by atoms with E-state index >= 15 is 0 Å².